The largest absolute Gasteiger partial charge is 0.460 e. The van der Waals surface area contributed by atoms with Crippen LogP contribution in [0.15, 0.2) is 0 Å². The van der Waals surface area contributed by atoms with Crippen LogP contribution in [0.2, 0.25) is 0 Å². The molecular weight excluding hydrogens is 256 g/mol. The summed E-state index contributed by atoms with van der Waals surface area (Å²) in [4.78, 5) is 14.3. The van der Waals surface area contributed by atoms with E-state index in [1.165, 1.54) is 25.9 Å². The number of aromatic nitrogens is 3. The van der Waals surface area contributed by atoms with Gasteiger partial charge < -0.3 is 14.2 Å². The van der Waals surface area contributed by atoms with Crippen molar-refractivity contribution in [2.75, 3.05) is 26.2 Å². The van der Waals surface area contributed by atoms with E-state index in [0.29, 0.717) is 18.3 Å². The van der Waals surface area contributed by atoms with Gasteiger partial charge in [0, 0.05) is 13.1 Å². The van der Waals surface area contributed by atoms with Gasteiger partial charge in [-0.1, -0.05) is 6.92 Å². The van der Waals surface area contributed by atoms with Crippen LogP contribution in [0.4, 0.5) is 0 Å². The number of aryl methyl sites for hydroxylation is 1. The number of likely N-dealkylation sites (tertiary alicyclic amines) is 1. The average molecular weight is 280 g/mol. The van der Waals surface area contributed by atoms with E-state index in [1.807, 2.05) is 11.5 Å². The quantitative estimate of drug-likeness (QED) is 0.739. The van der Waals surface area contributed by atoms with E-state index in [4.69, 9.17) is 4.74 Å². The van der Waals surface area contributed by atoms with Crippen molar-refractivity contribution in [2.24, 2.45) is 5.92 Å². The minimum Gasteiger partial charge on any atom is -0.460 e. The predicted molar refractivity (Wildman–Crippen MR) is 75.6 cm³/mol. The van der Waals surface area contributed by atoms with Gasteiger partial charge in [-0.25, -0.2) is 4.79 Å². The molecular formula is C14H24N4O2. The fraction of sp³-hybridized carbons (Fsp3) is 0.786. The van der Waals surface area contributed by atoms with Crippen molar-refractivity contribution in [3.8, 4) is 0 Å². The zero-order valence-electron chi connectivity index (χ0n) is 12.6. The maximum Gasteiger partial charge on any atom is 0.376 e. The Morgan fingerprint density at radius 3 is 2.65 bits per heavy atom. The summed E-state index contributed by atoms with van der Waals surface area (Å²) < 4.78 is 6.90. The summed E-state index contributed by atoms with van der Waals surface area (Å²) in [5.74, 6) is 1.15. The summed E-state index contributed by atoms with van der Waals surface area (Å²) in [7, 11) is 0. The van der Waals surface area contributed by atoms with Crippen molar-refractivity contribution in [3.05, 3.63) is 11.6 Å². The molecule has 0 aliphatic carbocycles. The van der Waals surface area contributed by atoms with Gasteiger partial charge in [-0.15, -0.1) is 10.2 Å². The van der Waals surface area contributed by atoms with Gasteiger partial charge in [0.1, 0.15) is 5.82 Å². The van der Waals surface area contributed by atoms with Gasteiger partial charge >= 0.3 is 5.97 Å². The zero-order valence-corrected chi connectivity index (χ0v) is 12.6. The monoisotopic (exact) mass is 280 g/mol. The third-order valence-electron chi connectivity index (χ3n) is 3.66. The number of nitrogens with zero attached hydrogens (tertiary/aromatic N) is 4. The molecule has 0 aromatic carbocycles. The van der Waals surface area contributed by atoms with E-state index in [9.17, 15) is 4.79 Å². The maximum atomic E-state index is 11.8. The number of esters is 1. The van der Waals surface area contributed by atoms with Gasteiger partial charge in [0.15, 0.2) is 0 Å². The highest BCUT2D eigenvalue weighted by atomic mass is 16.5. The summed E-state index contributed by atoms with van der Waals surface area (Å²) >= 11 is 0. The second kappa shape index (κ2) is 6.83. The summed E-state index contributed by atoms with van der Waals surface area (Å²) in [5.41, 5.74) is 0. The lowest BCUT2D eigenvalue weighted by molar-refractivity contribution is 0.0504. The van der Waals surface area contributed by atoms with Gasteiger partial charge in [0.05, 0.1) is 6.61 Å². The van der Waals surface area contributed by atoms with Crippen molar-refractivity contribution in [1.29, 1.82) is 0 Å². The van der Waals surface area contributed by atoms with Crippen molar-refractivity contribution in [3.63, 3.8) is 0 Å². The number of hydrogen-bond acceptors (Lipinski definition) is 5. The van der Waals surface area contributed by atoms with Gasteiger partial charge in [-0.05, 0) is 45.7 Å². The highest BCUT2D eigenvalue weighted by Crippen LogP contribution is 2.13. The van der Waals surface area contributed by atoms with Gasteiger partial charge in [-0.3, -0.25) is 0 Å². The molecule has 1 fully saturated rings. The standard InChI is InChI=1S/C14H24N4O2/c1-4-20-14(19)13-16-15-12(3)18(13)10-11(2)9-17-7-5-6-8-17/h11H,4-10H2,1-3H3. The van der Waals surface area contributed by atoms with E-state index in [1.54, 1.807) is 6.92 Å². The molecule has 1 aliphatic heterocycles. The van der Waals surface area contributed by atoms with Gasteiger partial charge in [-0.2, -0.15) is 0 Å². The van der Waals surface area contributed by atoms with Gasteiger partial charge in [0.2, 0.25) is 5.82 Å². The lowest BCUT2D eigenvalue weighted by atomic mass is 10.1. The molecule has 6 nitrogen and oxygen atoms in total. The van der Waals surface area contributed by atoms with Crippen LogP contribution >= 0.6 is 0 Å². The summed E-state index contributed by atoms with van der Waals surface area (Å²) in [6.45, 7) is 10.4. The Bertz CT molecular complexity index is 452. The topological polar surface area (TPSA) is 60.2 Å². The van der Waals surface area contributed by atoms with Crippen molar-refractivity contribution in [2.45, 2.75) is 40.2 Å². The smallest absolute Gasteiger partial charge is 0.376 e. The molecule has 0 N–H and O–H groups in total. The molecule has 1 atom stereocenters. The van der Waals surface area contributed by atoms with E-state index in [-0.39, 0.29) is 5.97 Å². The third kappa shape index (κ3) is 3.56. The molecule has 0 spiro atoms. The minimum absolute atomic E-state index is 0.317. The minimum atomic E-state index is -0.388. The van der Waals surface area contributed by atoms with Crippen LogP contribution in [0.3, 0.4) is 0 Å². The fourth-order valence-electron chi connectivity index (χ4n) is 2.72. The number of hydrogen-bond donors (Lipinski definition) is 0. The third-order valence-corrected chi connectivity index (χ3v) is 3.66. The van der Waals surface area contributed by atoms with Crippen molar-refractivity contribution >= 4 is 5.97 Å². The van der Waals surface area contributed by atoms with Gasteiger partial charge in [0.25, 0.3) is 0 Å². The molecule has 0 saturated carbocycles. The highest BCUT2D eigenvalue weighted by molar-refractivity contribution is 5.85. The molecule has 2 rings (SSSR count). The first-order chi connectivity index (χ1) is 9.61. The maximum absolute atomic E-state index is 11.8. The molecule has 2 heterocycles. The number of carbonyl (C=O) groups excluding carboxylic acids is 1. The molecule has 20 heavy (non-hydrogen) atoms. The Kier molecular flexibility index (Phi) is 5.11. The molecule has 1 aromatic rings. The molecule has 1 aliphatic rings. The molecule has 0 bridgehead atoms. The van der Waals surface area contributed by atoms with Crippen LogP contribution in [0.25, 0.3) is 0 Å². The Morgan fingerprint density at radius 1 is 1.30 bits per heavy atom. The fourth-order valence-corrected chi connectivity index (χ4v) is 2.72. The lowest BCUT2D eigenvalue weighted by Gasteiger charge is -2.21. The van der Waals surface area contributed by atoms with Crippen LogP contribution < -0.4 is 0 Å². The van der Waals surface area contributed by atoms with Crippen LogP contribution in [0.5, 0.6) is 0 Å². The summed E-state index contributed by atoms with van der Waals surface area (Å²) in [5, 5.41) is 7.95. The number of ether oxygens (including phenoxy) is 1. The highest BCUT2D eigenvalue weighted by Gasteiger charge is 2.21. The Hall–Kier alpha value is -1.43. The van der Waals surface area contributed by atoms with Crippen LogP contribution in [0.1, 0.15) is 43.1 Å². The van der Waals surface area contributed by atoms with E-state index >= 15 is 0 Å². The van der Waals surface area contributed by atoms with E-state index < -0.39 is 0 Å². The Labute approximate surface area is 120 Å². The Balaban J connectivity index is 2.00. The number of carbonyl (C=O) groups is 1. The molecule has 112 valence electrons. The average Bonchev–Trinajstić information content (AvgIpc) is 3.01. The van der Waals surface area contributed by atoms with Crippen LogP contribution in [-0.2, 0) is 11.3 Å². The van der Waals surface area contributed by atoms with Crippen molar-refractivity contribution in [1.82, 2.24) is 19.7 Å². The van der Waals surface area contributed by atoms with E-state index in [2.05, 4.69) is 22.0 Å². The first-order valence-electron chi connectivity index (χ1n) is 7.41. The summed E-state index contributed by atoms with van der Waals surface area (Å²) in [6, 6.07) is 0. The SMILES string of the molecule is CCOC(=O)c1nnc(C)n1CC(C)CN1CCCC1. The first kappa shape index (κ1) is 15.0. The molecule has 0 amide bonds. The molecule has 0 radical (unpaired) electrons. The number of rotatable bonds is 6. The summed E-state index contributed by atoms with van der Waals surface area (Å²) in [6.07, 6.45) is 2.60. The molecule has 1 saturated heterocycles. The Morgan fingerprint density at radius 2 is 2.00 bits per heavy atom. The predicted octanol–water partition coefficient (Wildman–Crippen LogP) is 1.50. The van der Waals surface area contributed by atoms with Crippen LogP contribution in [-0.4, -0.2) is 51.9 Å². The molecule has 1 aromatic heterocycles. The second-order valence-electron chi connectivity index (χ2n) is 5.51. The lowest BCUT2D eigenvalue weighted by Crippen LogP contribution is -2.28. The van der Waals surface area contributed by atoms with Crippen molar-refractivity contribution < 1.29 is 9.53 Å². The first-order valence-corrected chi connectivity index (χ1v) is 7.41. The second-order valence-corrected chi connectivity index (χ2v) is 5.51. The molecule has 1 unspecified atom stereocenters. The zero-order chi connectivity index (χ0) is 14.5. The molecule has 6 heteroatoms. The van der Waals surface area contributed by atoms with Crippen LogP contribution in [0, 0.1) is 12.8 Å². The normalized spacial score (nSPS) is 17.4. The van der Waals surface area contributed by atoms with E-state index in [0.717, 1.165) is 18.9 Å².